The molecule has 0 saturated carbocycles. The van der Waals surface area contributed by atoms with Gasteiger partial charge in [0.2, 0.25) is 0 Å². The number of rotatable bonds is 5. The summed E-state index contributed by atoms with van der Waals surface area (Å²) in [4.78, 5) is 0. The van der Waals surface area contributed by atoms with Crippen molar-refractivity contribution >= 4 is 12.9 Å². The number of piperidine rings is 2. The molecular formula is C24H41N2O5P. The van der Waals surface area contributed by atoms with Gasteiger partial charge in [0.25, 0.3) is 0 Å². The molecule has 0 unspecified atom stereocenters. The Hall–Kier alpha value is -0.790. The molecule has 0 spiro atoms. The summed E-state index contributed by atoms with van der Waals surface area (Å²) in [6.07, 6.45) is 1.43. The smallest absolute Gasteiger partial charge is 0.313 e. The van der Waals surface area contributed by atoms with Gasteiger partial charge in [-0.3, -0.25) is 4.57 Å². The van der Waals surface area contributed by atoms with Gasteiger partial charge in [0.05, 0.1) is 17.5 Å². The minimum absolute atomic E-state index is 0.339. The van der Waals surface area contributed by atoms with Gasteiger partial charge >= 0.3 is 7.60 Å². The minimum Gasteiger partial charge on any atom is -0.313 e. The first kappa shape index (κ1) is 25.8. The van der Waals surface area contributed by atoms with Crippen molar-refractivity contribution in [2.75, 3.05) is 0 Å². The van der Waals surface area contributed by atoms with Crippen molar-refractivity contribution in [2.24, 2.45) is 0 Å². The molecule has 2 N–H and O–H groups in total. The van der Waals surface area contributed by atoms with Crippen molar-refractivity contribution in [3.8, 4) is 0 Å². The number of hydroxylamine groups is 4. The van der Waals surface area contributed by atoms with Gasteiger partial charge in [-0.1, -0.05) is 18.2 Å². The summed E-state index contributed by atoms with van der Waals surface area (Å²) in [5, 5.41) is 24.6. The zero-order valence-electron chi connectivity index (χ0n) is 20.8. The molecule has 1 aromatic rings. The zero-order chi connectivity index (χ0) is 24.2. The summed E-state index contributed by atoms with van der Waals surface area (Å²) >= 11 is 0. The fourth-order valence-electron chi connectivity index (χ4n) is 5.66. The van der Waals surface area contributed by atoms with Crippen molar-refractivity contribution in [1.29, 1.82) is 0 Å². The second-order valence-electron chi connectivity index (χ2n) is 12.0. The van der Waals surface area contributed by atoms with Crippen molar-refractivity contribution in [2.45, 2.75) is 115 Å². The van der Waals surface area contributed by atoms with Crippen LogP contribution < -0.4 is 5.30 Å². The Morgan fingerprint density at radius 1 is 0.719 bits per heavy atom. The van der Waals surface area contributed by atoms with E-state index in [1.807, 2.05) is 73.6 Å². The summed E-state index contributed by atoms with van der Waals surface area (Å²) in [5.41, 5.74) is -2.11. The van der Waals surface area contributed by atoms with Gasteiger partial charge in [0.1, 0.15) is 0 Å². The van der Waals surface area contributed by atoms with E-state index < -0.39 is 29.8 Å². The van der Waals surface area contributed by atoms with Crippen LogP contribution in [0.1, 0.15) is 81.1 Å². The van der Waals surface area contributed by atoms with Crippen LogP contribution in [-0.2, 0) is 13.6 Å². The van der Waals surface area contributed by atoms with Gasteiger partial charge in [0.15, 0.2) is 0 Å². The fraction of sp³-hybridized carbons (Fsp3) is 0.750. The number of hydrogen-bond donors (Lipinski definition) is 2. The third-order valence-electron chi connectivity index (χ3n) is 6.85. The van der Waals surface area contributed by atoms with Gasteiger partial charge in [-0.15, -0.1) is 0 Å². The van der Waals surface area contributed by atoms with Gasteiger partial charge in [-0.25, -0.2) is 0 Å². The summed E-state index contributed by atoms with van der Waals surface area (Å²) in [6, 6.07) is 9.12. The third kappa shape index (κ3) is 5.15. The maximum Gasteiger partial charge on any atom is 0.361 e. The maximum absolute atomic E-state index is 14.4. The Kier molecular flexibility index (Phi) is 6.82. The monoisotopic (exact) mass is 468 g/mol. The molecule has 182 valence electrons. The largest absolute Gasteiger partial charge is 0.361 e. The Balaban J connectivity index is 1.91. The van der Waals surface area contributed by atoms with Gasteiger partial charge in [-0.05, 0) is 93.2 Å². The molecule has 0 radical (unpaired) electrons. The Morgan fingerprint density at radius 2 is 1.03 bits per heavy atom. The van der Waals surface area contributed by atoms with Gasteiger partial charge in [-0.2, -0.15) is 10.1 Å². The van der Waals surface area contributed by atoms with E-state index in [1.54, 1.807) is 12.1 Å². The van der Waals surface area contributed by atoms with E-state index >= 15 is 0 Å². The predicted octanol–water partition coefficient (Wildman–Crippen LogP) is 5.36. The van der Waals surface area contributed by atoms with E-state index in [1.165, 1.54) is 10.1 Å². The summed E-state index contributed by atoms with van der Waals surface area (Å²) in [5.74, 6) is 0. The molecule has 32 heavy (non-hydrogen) atoms. The van der Waals surface area contributed by atoms with Crippen molar-refractivity contribution in [1.82, 2.24) is 10.1 Å². The number of hydrogen-bond acceptors (Lipinski definition) is 7. The number of nitrogens with zero attached hydrogens (tertiary/aromatic N) is 2. The molecule has 0 bridgehead atoms. The second kappa shape index (κ2) is 8.46. The van der Waals surface area contributed by atoms with Crippen LogP contribution in [0.2, 0.25) is 0 Å². The molecule has 2 aliphatic heterocycles. The van der Waals surface area contributed by atoms with Crippen LogP contribution in [0.5, 0.6) is 0 Å². The molecule has 7 nitrogen and oxygen atoms in total. The van der Waals surface area contributed by atoms with E-state index in [0.29, 0.717) is 31.0 Å². The van der Waals surface area contributed by atoms with Crippen LogP contribution in [0.15, 0.2) is 30.3 Å². The highest BCUT2D eigenvalue weighted by molar-refractivity contribution is 7.62. The standard InChI is InChI=1S/C24H41N2O5P/c1-21(2)14-18(15-22(3,4)25(21)27)30-32(29,20-12-10-9-11-13-20)31-19-16-23(5,6)26(28)24(7,8)17-19/h9-13,18-19,27-28H,14-17H2,1-8H3. The number of benzene rings is 1. The van der Waals surface area contributed by atoms with Crippen LogP contribution in [0.25, 0.3) is 0 Å². The van der Waals surface area contributed by atoms with Crippen LogP contribution in [0, 0.1) is 0 Å². The average molecular weight is 469 g/mol. The summed E-state index contributed by atoms with van der Waals surface area (Å²) in [6.45, 7) is 15.7. The molecule has 0 aromatic heterocycles. The fourth-order valence-corrected chi connectivity index (χ4v) is 7.57. The molecule has 2 heterocycles. The van der Waals surface area contributed by atoms with Crippen LogP contribution in [0.4, 0.5) is 0 Å². The third-order valence-corrected chi connectivity index (χ3v) is 8.93. The van der Waals surface area contributed by atoms with Crippen molar-refractivity contribution < 1.29 is 24.0 Å². The van der Waals surface area contributed by atoms with Crippen LogP contribution >= 0.6 is 7.60 Å². The SMILES string of the molecule is CC1(C)CC(OP(=O)(OC2CC(C)(C)N(O)C(C)(C)C2)c2ccccc2)CC(C)(C)N1O. The molecule has 0 aliphatic carbocycles. The highest BCUT2D eigenvalue weighted by Gasteiger charge is 2.50. The van der Waals surface area contributed by atoms with Crippen LogP contribution in [-0.4, -0.2) is 54.9 Å². The van der Waals surface area contributed by atoms with E-state index in [9.17, 15) is 15.0 Å². The molecule has 0 amide bonds. The Morgan fingerprint density at radius 3 is 1.34 bits per heavy atom. The van der Waals surface area contributed by atoms with E-state index in [0.717, 1.165) is 0 Å². The average Bonchev–Trinajstić information content (AvgIpc) is 2.64. The molecular weight excluding hydrogens is 427 g/mol. The van der Waals surface area contributed by atoms with E-state index in [2.05, 4.69) is 0 Å². The first-order chi connectivity index (χ1) is 14.5. The Labute approximate surface area is 193 Å². The Bertz CT molecular complexity index is 771. The van der Waals surface area contributed by atoms with E-state index in [-0.39, 0.29) is 12.2 Å². The molecule has 2 fully saturated rings. The van der Waals surface area contributed by atoms with Crippen molar-refractivity contribution in [3.05, 3.63) is 30.3 Å². The normalized spacial score (nSPS) is 26.8. The highest BCUT2D eigenvalue weighted by atomic mass is 31.2. The van der Waals surface area contributed by atoms with Gasteiger partial charge < -0.3 is 19.5 Å². The lowest BCUT2D eigenvalue weighted by Crippen LogP contribution is -2.61. The van der Waals surface area contributed by atoms with E-state index in [4.69, 9.17) is 9.05 Å². The zero-order valence-corrected chi connectivity index (χ0v) is 21.7. The maximum atomic E-state index is 14.4. The lowest BCUT2D eigenvalue weighted by atomic mass is 9.80. The molecule has 1 aromatic carbocycles. The highest BCUT2D eigenvalue weighted by Crippen LogP contribution is 2.55. The first-order valence-corrected chi connectivity index (χ1v) is 13.0. The minimum atomic E-state index is -3.67. The molecule has 0 atom stereocenters. The molecule has 2 aliphatic rings. The summed E-state index contributed by atoms with van der Waals surface area (Å²) in [7, 11) is -3.67. The molecule has 3 rings (SSSR count). The van der Waals surface area contributed by atoms with Crippen molar-refractivity contribution in [3.63, 3.8) is 0 Å². The topological polar surface area (TPSA) is 82.5 Å². The second-order valence-corrected chi connectivity index (χ2v) is 13.9. The van der Waals surface area contributed by atoms with Gasteiger partial charge in [0, 0.05) is 22.2 Å². The summed E-state index contributed by atoms with van der Waals surface area (Å²) < 4.78 is 27.1. The first-order valence-electron chi connectivity index (χ1n) is 11.5. The van der Waals surface area contributed by atoms with Crippen LogP contribution in [0.3, 0.4) is 0 Å². The quantitative estimate of drug-likeness (QED) is 0.563. The lowest BCUT2D eigenvalue weighted by Gasteiger charge is -2.52. The molecule has 2 saturated heterocycles. The predicted molar refractivity (Wildman–Crippen MR) is 125 cm³/mol. The lowest BCUT2D eigenvalue weighted by molar-refractivity contribution is -0.258. The molecule has 8 heteroatoms.